The van der Waals surface area contributed by atoms with Crippen LogP contribution in [-0.4, -0.2) is 71.0 Å². The Morgan fingerprint density at radius 3 is 2.96 bits per heavy atom. The quantitative estimate of drug-likeness (QED) is 0.431. The molecule has 1 aliphatic rings. The molecule has 0 spiro atoms. The maximum Gasteiger partial charge on any atom is 0.194 e. The highest BCUT2D eigenvalue weighted by Crippen LogP contribution is 2.13. The molecule has 0 amide bonds. The van der Waals surface area contributed by atoms with Crippen molar-refractivity contribution in [3.63, 3.8) is 0 Å². The summed E-state index contributed by atoms with van der Waals surface area (Å²) in [4.78, 5) is 6.98. The fourth-order valence-corrected chi connectivity index (χ4v) is 3.10. The molecule has 1 saturated heterocycles. The van der Waals surface area contributed by atoms with Gasteiger partial charge in [0.05, 0.1) is 6.61 Å². The average Bonchev–Trinajstić information content (AvgIpc) is 3.18. The molecule has 7 nitrogen and oxygen atoms in total. The lowest BCUT2D eigenvalue weighted by Gasteiger charge is -2.25. The first kappa shape index (κ1) is 19.1. The summed E-state index contributed by atoms with van der Waals surface area (Å²) < 4.78 is 7.47. The number of aryl methyl sites for hydroxylation is 1. The maximum atomic E-state index is 5.49. The molecule has 0 radical (unpaired) electrons. The van der Waals surface area contributed by atoms with Crippen LogP contribution in [-0.2, 0) is 18.3 Å². The lowest BCUT2D eigenvalue weighted by Crippen LogP contribution is -2.42. The molecule has 136 valence electrons. The third-order valence-electron chi connectivity index (χ3n) is 4.28. The van der Waals surface area contributed by atoms with E-state index in [0.717, 1.165) is 62.5 Å². The van der Waals surface area contributed by atoms with Gasteiger partial charge < -0.3 is 19.5 Å². The smallest absolute Gasteiger partial charge is 0.194 e. The highest BCUT2D eigenvalue weighted by Gasteiger charge is 2.19. The van der Waals surface area contributed by atoms with Crippen LogP contribution < -0.4 is 5.32 Å². The molecule has 2 rings (SSSR count). The number of guanidine groups is 1. The molecular weight excluding hydrogens is 324 g/mol. The van der Waals surface area contributed by atoms with Crippen LogP contribution in [0.2, 0.25) is 0 Å². The van der Waals surface area contributed by atoms with Crippen LogP contribution in [0.25, 0.3) is 0 Å². The Labute approximate surface area is 149 Å². The Morgan fingerprint density at radius 2 is 2.33 bits per heavy atom. The molecule has 1 aromatic heterocycles. The highest BCUT2D eigenvalue weighted by molar-refractivity contribution is 7.98. The van der Waals surface area contributed by atoms with E-state index in [2.05, 4.69) is 33.7 Å². The largest absolute Gasteiger partial charge is 0.381 e. The Bertz CT molecular complexity index is 527. The lowest BCUT2D eigenvalue weighted by atomic mass is 10.1. The van der Waals surface area contributed by atoms with E-state index in [9.17, 15) is 0 Å². The number of ether oxygens (including phenoxy) is 1. The fourth-order valence-electron chi connectivity index (χ4n) is 2.66. The van der Waals surface area contributed by atoms with E-state index in [0.29, 0.717) is 12.5 Å². The molecule has 24 heavy (non-hydrogen) atoms. The Kier molecular flexibility index (Phi) is 7.84. The van der Waals surface area contributed by atoms with Crippen molar-refractivity contribution in [3.05, 3.63) is 11.6 Å². The first-order valence-electron chi connectivity index (χ1n) is 8.52. The second-order valence-electron chi connectivity index (χ2n) is 6.25. The van der Waals surface area contributed by atoms with Gasteiger partial charge in [-0.3, -0.25) is 0 Å². The van der Waals surface area contributed by atoms with Gasteiger partial charge in [0.1, 0.15) is 12.4 Å². The normalized spacial score (nSPS) is 18.2. The Balaban J connectivity index is 1.97. The monoisotopic (exact) mass is 354 g/mol. The number of nitrogens with zero attached hydrogens (tertiary/aromatic N) is 5. The summed E-state index contributed by atoms with van der Waals surface area (Å²) >= 11 is 1.87. The summed E-state index contributed by atoms with van der Waals surface area (Å²) in [5.74, 6) is 4.47. The fraction of sp³-hybridized carbons (Fsp3) is 0.812. The van der Waals surface area contributed by atoms with Crippen LogP contribution in [0.15, 0.2) is 4.99 Å². The molecule has 0 aromatic carbocycles. The number of nitrogens with one attached hydrogen (secondary N) is 1. The van der Waals surface area contributed by atoms with Crippen molar-refractivity contribution in [1.82, 2.24) is 25.0 Å². The second-order valence-corrected chi connectivity index (χ2v) is 7.23. The number of thioether (sulfide) groups is 1. The molecule has 1 unspecified atom stereocenters. The number of aliphatic imine (C=N–C) groups is 1. The second kappa shape index (κ2) is 9.88. The van der Waals surface area contributed by atoms with Gasteiger partial charge in [0, 0.05) is 39.7 Å². The molecule has 1 aliphatic heterocycles. The molecule has 1 N–H and O–H groups in total. The minimum Gasteiger partial charge on any atom is -0.381 e. The van der Waals surface area contributed by atoms with E-state index in [1.165, 1.54) is 0 Å². The third-order valence-corrected chi connectivity index (χ3v) is 4.98. The van der Waals surface area contributed by atoms with E-state index >= 15 is 0 Å². The van der Waals surface area contributed by atoms with Gasteiger partial charge in [0.15, 0.2) is 11.8 Å². The predicted molar refractivity (Wildman–Crippen MR) is 99.4 cm³/mol. The molecule has 1 aromatic rings. The van der Waals surface area contributed by atoms with Gasteiger partial charge in [-0.05, 0) is 31.8 Å². The van der Waals surface area contributed by atoms with Crippen molar-refractivity contribution in [3.8, 4) is 0 Å². The lowest BCUT2D eigenvalue weighted by molar-refractivity contribution is 0.181. The van der Waals surface area contributed by atoms with E-state index < -0.39 is 0 Å². The van der Waals surface area contributed by atoms with Crippen molar-refractivity contribution in [2.75, 3.05) is 45.4 Å². The van der Waals surface area contributed by atoms with E-state index in [4.69, 9.17) is 9.73 Å². The van der Waals surface area contributed by atoms with Gasteiger partial charge >= 0.3 is 0 Å². The number of hydrogen-bond acceptors (Lipinski definition) is 5. The highest BCUT2D eigenvalue weighted by atomic mass is 32.2. The third kappa shape index (κ3) is 5.66. The molecule has 1 fully saturated rings. The standard InChI is InChI=1S/C16H30N6OS/c1-13-19-20-15(22(13)3)10-18-16(17-7-5-9-24-4)21(2)11-14-6-8-23-12-14/h14H,5-12H2,1-4H3,(H,17,18). The van der Waals surface area contributed by atoms with Crippen LogP contribution in [0.4, 0.5) is 0 Å². The van der Waals surface area contributed by atoms with Crippen molar-refractivity contribution >= 4 is 17.7 Å². The van der Waals surface area contributed by atoms with Crippen LogP contribution >= 0.6 is 11.8 Å². The van der Waals surface area contributed by atoms with Crippen molar-refractivity contribution in [2.24, 2.45) is 18.0 Å². The van der Waals surface area contributed by atoms with Crippen LogP contribution in [0.5, 0.6) is 0 Å². The SMILES string of the molecule is CSCCCNC(=NCc1nnc(C)n1C)N(C)CC1CCOC1. The topological polar surface area (TPSA) is 67.6 Å². The minimum atomic E-state index is 0.535. The van der Waals surface area contributed by atoms with Crippen molar-refractivity contribution in [1.29, 1.82) is 0 Å². The van der Waals surface area contributed by atoms with Gasteiger partial charge in [0.2, 0.25) is 0 Å². The summed E-state index contributed by atoms with van der Waals surface area (Å²) in [5.41, 5.74) is 0. The molecule has 0 aliphatic carbocycles. The van der Waals surface area contributed by atoms with E-state index in [1.807, 2.05) is 30.3 Å². The molecular formula is C16H30N6OS. The van der Waals surface area contributed by atoms with Gasteiger partial charge in [-0.1, -0.05) is 0 Å². The zero-order valence-corrected chi connectivity index (χ0v) is 16.1. The number of aromatic nitrogens is 3. The van der Waals surface area contributed by atoms with Gasteiger partial charge in [0.25, 0.3) is 0 Å². The van der Waals surface area contributed by atoms with Crippen LogP contribution in [0.1, 0.15) is 24.5 Å². The maximum absolute atomic E-state index is 5.49. The molecule has 0 bridgehead atoms. The van der Waals surface area contributed by atoms with Gasteiger partial charge in [-0.2, -0.15) is 11.8 Å². The van der Waals surface area contributed by atoms with E-state index in [-0.39, 0.29) is 0 Å². The van der Waals surface area contributed by atoms with Crippen LogP contribution in [0.3, 0.4) is 0 Å². The first-order chi connectivity index (χ1) is 11.6. The van der Waals surface area contributed by atoms with Gasteiger partial charge in [-0.15, -0.1) is 10.2 Å². The Morgan fingerprint density at radius 1 is 1.50 bits per heavy atom. The summed E-state index contributed by atoms with van der Waals surface area (Å²) in [6.45, 7) is 6.12. The molecule has 8 heteroatoms. The molecule has 0 saturated carbocycles. The van der Waals surface area contributed by atoms with E-state index in [1.54, 1.807) is 0 Å². The predicted octanol–water partition coefficient (Wildman–Crippen LogP) is 1.29. The average molecular weight is 355 g/mol. The van der Waals surface area contributed by atoms with Crippen molar-refractivity contribution < 1.29 is 4.74 Å². The van der Waals surface area contributed by atoms with Gasteiger partial charge in [-0.25, -0.2) is 4.99 Å². The van der Waals surface area contributed by atoms with Crippen LogP contribution in [0, 0.1) is 12.8 Å². The summed E-state index contributed by atoms with van der Waals surface area (Å²) in [7, 11) is 4.08. The first-order valence-corrected chi connectivity index (χ1v) is 9.92. The number of hydrogen-bond donors (Lipinski definition) is 1. The Hall–Kier alpha value is -1.28. The van der Waals surface area contributed by atoms with Crippen molar-refractivity contribution in [2.45, 2.75) is 26.3 Å². The minimum absolute atomic E-state index is 0.535. The molecule has 1 atom stereocenters. The number of rotatable bonds is 8. The zero-order valence-electron chi connectivity index (χ0n) is 15.3. The summed E-state index contributed by atoms with van der Waals surface area (Å²) in [5, 5.41) is 11.8. The summed E-state index contributed by atoms with van der Waals surface area (Å²) in [6.07, 6.45) is 4.40. The summed E-state index contributed by atoms with van der Waals surface area (Å²) in [6, 6.07) is 0. The zero-order chi connectivity index (χ0) is 17.4. The molecule has 2 heterocycles.